The van der Waals surface area contributed by atoms with Crippen molar-refractivity contribution in [3.63, 3.8) is 0 Å². The van der Waals surface area contributed by atoms with Crippen LogP contribution in [-0.2, 0) is 19.1 Å². The lowest BCUT2D eigenvalue weighted by Crippen LogP contribution is -2.55. The summed E-state index contributed by atoms with van der Waals surface area (Å²) in [5, 5.41) is 13.4. The number of fused-ring (bicyclic) bond motifs is 4. The van der Waals surface area contributed by atoms with Crippen LogP contribution in [0.2, 0.25) is 0 Å². The Balaban J connectivity index is 1.09. The Labute approximate surface area is 320 Å². The van der Waals surface area contributed by atoms with Gasteiger partial charge in [-0.05, 0) is 76.8 Å². The number of pyridine rings is 1. The molecule has 3 aliphatic heterocycles. The predicted molar refractivity (Wildman–Crippen MR) is 205 cm³/mol. The maximum atomic E-state index is 14.7. The van der Waals surface area contributed by atoms with Gasteiger partial charge in [0.1, 0.15) is 41.0 Å². The Morgan fingerprint density at radius 2 is 1.78 bits per heavy atom. The van der Waals surface area contributed by atoms with Crippen LogP contribution < -0.4 is 25.4 Å². The van der Waals surface area contributed by atoms with E-state index in [2.05, 4.69) is 29.8 Å². The minimum atomic E-state index is -0.774. The van der Waals surface area contributed by atoms with Gasteiger partial charge in [0.25, 0.3) is 0 Å². The molecule has 14 heteroatoms. The summed E-state index contributed by atoms with van der Waals surface area (Å²) in [5.74, 6) is 1.06. The summed E-state index contributed by atoms with van der Waals surface area (Å²) in [6.07, 6.45) is 9.55. The maximum Gasteiger partial charge on any atom is 0.408 e. The zero-order valence-corrected chi connectivity index (χ0v) is 32.3. The Morgan fingerprint density at radius 1 is 1.00 bits per heavy atom. The highest BCUT2D eigenvalue weighted by Crippen LogP contribution is 2.51. The normalized spacial score (nSPS) is 28.9. The number of anilines is 1. The average molecular weight is 761 g/mol. The van der Waals surface area contributed by atoms with Gasteiger partial charge >= 0.3 is 12.1 Å². The molecule has 3 saturated heterocycles. The number of carbonyl (C=O) groups excluding carboxylic acids is 3. The molecular weight excluding hydrogens is 709 g/mol. The van der Waals surface area contributed by atoms with E-state index in [-0.39, 0.29) is 36.5 Å². The Kier molecular flexibility index (Phi) is 10.6. The number of alkyl carbamates (subject to hydrolysis) is 1. The molecule has 8 rings (SSSR count). The highest BCUT2D eigenvalue weighted by atomic mass is 32.1. The molecule has 3 aromatic rings. The number of amides is 2. The number of nitrogens with zero attached hydrogens (tertiary/aromatic N) is 3. The topological polar surface area (TPSA) is 153 Å². The first-order chi connectivity index (χ1) is 26.2. The fraction of sp³-hybridized carbons (Fsp3) is 0.625. The first-order valence-electron chi connectivity index (χ1n) is 19.8. The van der Waals surface area contributed by atoms with Crippen molar-refractivity contribution in [1.29, 1.82) is 0 Å². The van der Waals surface area contributed by atoms with Gasteiger partial charge in [0.05, 0.1) is 30.9 Å². The molecule has 1 aromatic carbocycles. The van der Waals surface area contributed by atoms with Crippen molar-refractivity contribution in [3.8, 4) is 22.9 Å². The zero-order chi connectivity index (χ0) is 37.4. The number of aromatic nitrogens is 2. The number of ether oxygens (including phenoxy) is 4. The molecule has 5 fully saturated rings. The van der Waals surface area contributed by atoms with Crippen LogP contribution in [0.3, 0.4) is 0 Å². The standard InChI is InChI=1S/C40H52N6O7S/c1-23(2)41-38-43-32(22-54-38)31-19-34(28-16-15-26(50-3)17-30(28)42-31)51-27-18-33-35-45-40(37(48)53-35)20-24(40)11-7-5-4-6-8-14-29(36(47)46(33)21-27)44-39(49)52-25-12-9-10-13-25/h15-17,19,22-25,27,29,33,35,45H,4-14,18,20-21H2,1-3H3,(H,41,43)(H,44,49). The summed E-state index contributed by atoms with van der Waals surface area (Å²) in [6, 6.07) is 6.55. The summed E-state index contributed by atoms with van der Waals surface area (Å²) in [5.41, 5.74) is 1.38. The molecule has 5 heterocycles. The number of thiazole rings is 1. The number of rotatable bonds is 8. The van der Waals surface area contributed by atoms with Crippen LogP contribution in [0.4, 0.5) is 9.93 Å². The van der Waals surface area contributed by atoms with Gasteiger partial charge in [-0.3, -0.25) is 10.1 Å². The predicted octanol–water partition coefficient (Wildman–Crippen LogP) is 6.55. The number of nitrogens with one attached hydrogen (secondary N) is 3. The fourth-order valence-electron chi connectivity index (χ4n) is 8.77. The van der Waals surface area contributed by atoms with Crippen molar-refractivity contribution >= 4 is 45.3 Å². The molecule has 5 aliphatic rings. The second-order valence-electron chi connectivity index (χ2n) is 16.0. The van der Waals surface area contributed by atoms with E-state index < -0.39 is 36.0 Å². The van der Waals surface area contributed by atoms with E-state index >= 15 is 0 Å². The minimum Gasteiger partial charge on any atom is -0.497 e. The molecule has 2 aliphatic carbocycles. The van der Waals surface area contributed by atoms with E-state index in [1.54, 1.807) is 12.0 Å². The number of methoxy groups -OCH3 is 1. The second kappa shape index (κ2) is 15.5. The van der Waals surface area contributed by atoms with Crippen LogP contribution in [0.15, 0.2) is 29.6 Å². The van der Waals surface area contributed by atoms with Crippen LogP contribution in [0.5, 0.6) is 11.5 Å². The molecule has 6 unspecified atom stereocenters. The smallest absolute Gasteiger partial charge is 0.408 e. The molecule has 3 N–H and O–H groups in total. The molecule has 1 spiro atoms. The van der Waals surface area contributed by atoms with Crippen LogP contribution in [0.25, 0.3) is 22.3 Å². The third-order valence-corrected chi connectivity index (χ3v) is 12.5. The maximum absolute atomic E-state index is 14.7. The third kappa shape index (κ3) is 7.68. The van der Waals surface area contributed by atoms with Gasteiger partial charge in [-0.2, -0.15) is 0 Å². The van der Waals surface area contributed by atoms with Gasteiger partial charge in [0.2, 0.25) is 5.91 Å². The van der Waals surface area contributed by atoms with Gasteiger partial charge in [0, 0.05) is 35.4 Å². The summed E-state index contributed by atoms with van der Waals surface area (Å²) < 4.78 is 24.2. The van der Waals surface area contributed by atoms with Crippen LogP contribution in [0.1, 0.15) is 97.3 Å². The summed E-state index contributed by atoms with van der Waals surface area (Å²) in [6.45, 7) is 4.39. The highest BCUT2D eigenvalue weighted by Gasteiger charge is 2.67. The molecule has 13 nitrogen and oxygen atoms in total. The minimum absolute atomic E-state index is 0.119. The van der Waals surface area contributed by atoms with Crippen LogP contribution >= 0.6 is 11.3 Å². The molecule has 0 radical (unpaired) electrons. The molecule has 2 amide bonds. The zero-order valence-electron chi connectivity index (χ0n) is 31.4. The lowest BCUT2D eigenvalue weighted by Gasteiger charge is -2.31. The number of carbonyl (C=O) groups is 3. The number of benzene rings is 1. The van der Waals surface area contributed by atoms with E-state index in [4.69, 9.17) is 28.9 Å². The monoisotopic (exact) mass is 760 g/mol. The summed E-state index contributed by atoms with van der Waals surface area (Å²) >= 11 is 1.52. The lowest BCUT2D eigenvalue weighted by atomic mass is 10.0. The Hall–Kier alpha value is -4.17. The average Bonchev–Trinajstić information content (AvgIpc) is 3.69. The number of esters is 1. The van der Waals surface area contributed by atoms with Gasteiger partial charge in [0.15, 0.2) is 11.4 Å². The lowest BCUT2D eigenvalue weighted by molar-refractivity contribution is -0.148. The van der Waals surface area contributed by atoms with Crippen LogP contribution in [0, 0.1) is 5.92 Å². The third-order valence-electron chi connectivity index (χ3n) is 11.7. The molecule has 2 saturated carbocycles. The molecule has 290 valence electrons. The van der Waals surface area contributed by atoms with Crippen molar-refractivity contribution in [2.24, 2.45) is 5.92 Å². The van der Waals surface area contributed by atoms with Gasteiger partial charge < -0.3 is 34.5 Å². The Morgan fingerprint density at radius 3 is 2.57 bits per heavy atom. The molecule has 2 aromatic heterocycles. The summed E-state index contributed by atoms with van der Waals surface area (Å²) in [4.78, 5) is 52.8. The van der Waals surface area contributed by atoms with Gasteiger partial charge in [-0.25, -0.2) is 19.6 Å². The fourth-order valence-corrected chi connectivity index (χ4v) is 9.62. The van der Waals surface area contributed by atoms with Crippen molar-refractivity contribution in [1.82, 2.24) is 25.5 Å². The van der Waals surface area contributed by atoms with Gasteiger partial charge in [-0.1, -0.05) is 32.1 Å². The van der Waals surface area contributed by atoms with Crippen molar-refractivity contribution in [3.05, 3.63) is 29.6 Å². The first-order valence-corrected chi connectivity index (χ1v) is 20.7. The highest BCUT2D eigenvalue weighted by molar-refractivity contribution is 7.14. The van der Waals surface area contributed by atoms with E-state index in [1.807, 2.05) is 29.6 Å². The first kappa shape index (κ1) is 36.8. The molecule has 54 heavy (non-hydrogen) atoms. The van der Waals surface area contributed by atoms with E-state index in [0.717, 1.165) is 86.8 Å². The van der Waals surface area contributed by atoms with Gasteiger partial charge in [-0.15, -0.1) is 11.3 Å². The SMILES string of the molecule is COc1ccc2c(OC3CC4C5NC6(CC6CCCCCCCC(NC(=O)OC6CCCC6)C(=O)N4C3)C(=O)O5)cc(-c3csc(NC(C)C)n3)nc2c1. The number of hydrogen-bond donors (Lipinski definition) is 3. The summed E-state index contributed by atoms with van der Waals surface area (Å²) in [7, 11) is 1.62. The second-order valence-corrected chi connectivity index (χ2v) is 16.8. The van der Waals surface area contributed by atoms with Crippen molar-refractivity contribution in [2.45, 2.75) is 139 Å². The largest absolute Gasteiger partial charge is 0.497 e. The van der Waals surface area contributed by atoms with Crippen LogP contribution in [-0.4, -0.2) is 88.6 Å². The quantitative estimate of drug-likeness (QED) is 0.214. The van der Waals surface area contributed by atoms with Crippen molar-refractivity contribution in [2.75, 3.05) is 19.0 Å². The number of hydrogen-bond acceptors (Lipinski definition) is 12. The van der Waals surface area contributed by atoms with Crippen molar-refractivity contribution < 1.29 is 33.3 Å². The van der Waals surface area contributed by atoms with E-state index in [9.17, 15) is 14.4 Å². The molecule has 2 bridgehead atoms. The Bertz CT molecular complexity index is 1860. The van der Waals surface area contributed by atoms with E-state index in [1.165, 1.54) is 11.3 Å². The molecule has 6 atom stereocenters. The van der Waals surface area contributed by atoms with E-state index in [0.29, 0.717) is 35.6 Å². The molecular formula is C40H52N6O7S.